The molecule has 1 fully saturated rings. The summed E-state index contributed by atoms with van der Waals surface area (Å²) in [5, 5.41) is 0. The van der Waals surface area contributed by atoms with Gasteiger partial charge >= 0.3 is 5.97 Å². The Kier molecular flexibility index (Phi) is 7.40. The monoisotopic (exact) mass is 412 g/mol. The van der Waals surface area contributed by atoms with Crippen LogP contribution in [0.5, 0.6) is 0 Å². The van der Waals surface area contributed by atoms with Gasteiger partial charge in [-0.25, -0.2) is 4.79 Å². The Balaban J connectivity index is 2.16. The van der Waals surface area contributed by atoms with E-state index in [-0.39, 0.29) is 6.61 Å². The highest BCUT2D eigenvalue weighted by molar-refractivity contribution is 6.70. The molecule has 6 nitrogen and oxygen atoms in total. The Morgan fingerprint density at radius 2 is 1.52 bits per heavy atom. The van der Waals surface area contributed by atoms with E-state index in [4.69, 9.17) is 23.1 Å². The van der Waals surface area contributed by atoms with Crippen molar-refractivity contribution < 1.29 is 27.9 Å². The highest BCUT2D eigenvalue weighted by Crippen LogP contribution is 2.32. The van der Waals surface area contributed by atoms with Crippen LogP contribution in [0.25, 0.3) is 0 Å². The third kappa shape index (κ3) is 6.81. The molecule has 1 aliphatic rings. The van der Waals surface area contributed by atoms with E-state index in [0.29, 0.717) is 0 Å². The molecule has 0 aromatic heterocycles. The fourth-order valence-corrected chi connectivity index (χ4v) is 5.02. The van der Waals surface area contributed by atoms with Crippen LogP contribution in [0.3, 0.4) is 0 Å². The lowest BCUT2D eigenvalue weighted by atomic mass is 10.1. The number of methoxy groups -OCH3 is 1. The zero-order valence-electron chi connectivity index (χ0n) is 17.4. The molecule has 0 saturated carbocycles. The number of carbonyl (C=O) groups excluding carboxylic acids is 1. The van der Waals surface area contributed by atoms with Crippen LogP contribution in [0.1, 0.15) is 5.56 Å². The van der Waals surface area contributed by atoms with Gasteiger partial charge in [-0.15, -0.1) is 0 Å². The van der Waals surface area contributed by atoms with Gasteiger partial charge in [0.15, 0.2) is 29.0 Å². The number of carbonyl (C=O) groups is 1. The van der Waals surface area contributed by atoms with Crippen molar-refractivity contribution in [3.8, 4) is 0 Å². The summed E-state index contributed by atoms with van der Waals surface area (Å²) in [6.45, 7) is 12.7. The van der Waals surface area contributed by atoms with Gasteiger partial charge in [0.1, 0.15) is 18.8 Å². The SMILES string of the molecule is CO[C@H]1O[C@H](C(=O)OCc2ccccc2)[C@@H](O[Si](C)(C)C)[C@@H]1O[Si](C)(C)C. The Bertz CT molecular complexity index is 611. The highest BCUT2D eigenvalue weighted by atomic mass is 28.4. The first-order valence-corrected chi connectivity index (χ1v) is 16.1. The minimum Gasteiger partial charge on any atom is -0.459 e. The fourth-order valence-electron chi connectivity index (χ4n) is 2.88. The topological polar surface area (TPSA) is 63.2 Å². The van der Waals surface area contributed by atoms with E-state index < -0.39 is 47.2 Å². The standard InChI is InChI=1S/C19H32O6Si2/c1-21-19-17(25-27(5,6)7)15(24-26(2,3)4)16(23-19)18(20)22-13-14-11-9-8-10-12-14/h8-12,15-17,19H,13H2,1-7H3/t15-,16+,17+,19+/m1/s1. The van der Waals surface area contributed by atoms with Crippen LogP contribution in [0.15, 0.2) is 30.3 Å². The number of hydrogen-bond acceptors (Lipinski definition) is 6. The maximum absolute atomic E-state index is 12.8. The molecule has 1 aromatic carbocycles. The molecule has 0 amide bonds. The average molecular weight is 413 g/mol. The third-order valence-electron chi connectivity index (χ3n) is 3.84. The van der Waals surface area contributed by atoms with Crippen LogP contribution in [-0.4, -0.2) is 54.3 Å². The fraction of sp³-hybridized carbons (Fsp3) is 0.632. The first-order valence-electron chi connectivity index (χ1n) is 9.24. The van der Waals surface area contributed by atoms with Crippen LogP contribution in [-0.2, 0) is 34.5 Å². The van der Waals surface area contributed by atoms with Gasteiger partial charge in [-0.2, -0.15) is 0 Å². The van der Waals surface area contributed by atoms with Crippen molar-refractivity contribution in [1.29, 1.82) is 0 Å². The van der Waals surface area contributed by atoms with Crippen molar-refractivity contribution in [3.63, 3.8) is 0 Å². The molecule has 0 radical (unpaired) electrons. The minimum absolute atomic E-state index is 0.191. The van der Waals surface area contributed by atoms with E-state index in [1.807, 2.05) is 30.3 Å². The lowest BCUT2D eigenvalue weighted by Gasteiger charge is -2.33. The van der Waals surface area contributed by atoms with E-state index in [1.165, 1.54) is 0 Å². The Morgan fingerprint density at radius 1 is 0.963 bits per heavy atom. The Morgan fingerprint density at radius 3 is 2.04 bits per heavy atom. The average Bonchev–Trinajstić information content (AvgIpc) is 2.88. The highest BCUT2D eigenvalue weighted by Gasteiger charge is 2.52. The molecular formula is C19H32O6Si2. The van der Waals surface area contributed by atoms with Gasteiger partial charge in [0.05, 0.1) is 0 Å². The largest absolute Gasteiger partial charge is 0.459 e. The van der Waals surface area contributed by atoms with Gasteiger partial charge in [-0.05, 0) is 44.8 Å². The second kappa shape index (κ2) is 8.98. The van der Waals surface area contributed by atoms with E-state index in [1.54, 1.807) is 7.11 Å². The normalized spacial score (nSPS) is 26.2. The molecule has 0 bridgehead atoms. The zero-order chi connectivity index (χ0) is 20.2. The van der Waals surface area contributed by atoms with Crippen molar-refractivity contribution in [2.75, 3.05) is 7.11 Å². The summed E-state index contributed by atoms with van der Waals surface area (Å²) in [6.07, 6.45) is -2.53. The van der Waals surface area contributed by atoms with Crippen molar-refractivity contribution in [2.24, 2.45) is 0 Å². The van der Waals surface area contributed by atoms with E-state index in [2.05, 4.69) is 39.3 Å². The van der Waals surface area contributed by atoms with Gasteiger partial charge in [0, 0.05) is 7.11 Å². The summed E-state index contributed by atoms with van der Waals surface area (Å²) in [7, 11) is -2.32. The molecule has 2 rings (SSSR count). The molecule has 0 aliphatic carbocycles. The summed E-state index contributed by atoms with van der Waals surface area (Å²) in [5.41, 5.74) is 0.921. The molecule has 1 saturated heterocycles. The quantitative estimate of drug-likeness (QED) is 0.481. The molecule has 1 aliphatic heterocycles. The molecule has 1 heterocycles. The number of esters is 1. The molecular weight excluding hydrogens is 380 g/mol. The molecule has 0 unspecified atom stereocenters. The van der Waals surface area contributed by atoms with Crippen LogP contribution in [0, 0.1) is 0 Å². The molecule has 8 heteroatoms. The second-order valence-electron chi connectivity index (χ2n) is 8.64. The van der Waals surface area contributed by atoms with Gasteiger partial charge in [0.25, 0.3) is 0 Å². The first kappa shape index (κ1) is 22.3. The smallest absolute Gasteiger partial charge is 0.338 e. The first-order chi connectivity index (χ1) is 12.5. The predicted octanol–water partition coefficient (Wildman–Crippen LogP) is 3.54. The molecule has 152 valence electrons. The van der Waals surface area contributed by atoms with Crippen LogP contribution in [0.2, 0.25) is 39.3 Å². The Labute approximate surface area is 164 Å². The van der Waals surface area contributed by atoms with E-state index >= 15 is 0 Å². The van der Waals surface area contributed by atoms with Crippen molar-refractivity contribution in [2.45, 2.75) is 70.5 Å². The van der Waals surface area contributed by atoms with Gasteiger partial charge in [0.2, 0.25) is 0 Å². The number of rotatable bonds is 8. The third-order valence-corrected chi connectivity index (χ3v) is 5.80. The van der Waals surface area contributed by atoms with Gasteiger partial charge in [-0.1, -0.05) is 30.3 Å². The second-order valence-corrected chi connectivity index (χ2v) is 17.6. The molecule has 27 heavy (non-hydrogen) atoms. The van der Waals surface area contributed by atoms with Crippen LogP contribution >= 0.6 is 0 Å². The van der Waals surface area contributed by atoms with E-state index in [9.17, 15) is 4.79 Å². The maximum atomic E-state index is 12.8. The summed E-state index contributed by atoms with van der Waals surface area (Å²) in [6, 6.07) is 9.56. The van der Waals surface area contributed by atoms with Crippen LogP contribution in [0.4, 0.5) is 0 Å². The number of ether oxygens (including phenoxy) is 3. The van der Waals surface area contributed by atoms with Crippen molar-refractivity contribution in [3.05, 3.63) is 35.9 Å². The Hall–Kier alpha value is -1.04. The lowest BCUT2D eigenvalue weighted by Crippen LogP contribution is -2.49. The molecule has 0 N–H and O–H groups in total. The molecule has 4 atom stereocenters. The van der Waals surface area contributed by atoms with Crippen molar-refractivity contribution in [1.82, 2.24) is 0 Å². The predicted molar refractivity (Wildman–Crippen MR) is 108 cm³/mol. The number of hydrogen-bond donors (Lipinski definition) is 0. The van der Waals surface area contributed by atoms with E-state index in [0.717, 1.165) is 5.56 Å². The molecule has 1 aromatic rings. The minimum atomic E-state index is -1.96. The summed E-state index contributed by atoms with van der Waals surface area (Å²) >= 11 is 0. The maximum Gasteiger partial charge on any atom is 0.338 e. The van der Waals surface area contributed by atoms with Gasteiger partial charge < -0.3 is 23.1 Å². The summed E-state index contributed by atoms with van der Waals surface area (Å²) in [5.74, 6) is -0.453. The lowest BCUT2D eigenvalue weighted by molar-refractivity contribution is -0.177. The van der Waals surface area contributed by atoms with Crippen LogP contribution < -0.4 is 0 Å². The summed E-state index contributed by atoms with van der Waals surface area (Å²) in [4.78, 5) is 12.8. The van der Waals surface area contributed by atoms with Gasteiger partial charge in [-0.3, -0.25) is 0 Å². The zero-order valence-corrected chi connectivity index (χ0v) is 19.4. The van der Waals surface area contributed by atoms with Crippen molar-refractivity contribution >= 4 is 22.6 Å². The molecule has 0 spiro atoms. The number of benzene rings is 1. The summed E-state index contributed by atoms with van der Waals surface area (Å²) < 4.78 is 29.4.